The van der Waals surface area contributed by atoms with E-state index in [0.717, 1.165) is 11.3 Å². The van der Waals surface area contributed by atoms with Crippen molar-refractivity contribution in [1.29, 1.82) is 0 Å². The predicted molar refractivity (Wildman–Crippen MR) is 180 cm³/mol. The van der Waals surface area contributed by atoms with Crippen molar-refractivity contribution in [3.8, 4) is 23.1 Å². The topological polar surface area (TPSA) is 143 Å². The number of benzene rings is 3. The molecule has 5 rings (SSSR count). The highest BCUT2D eigenvalue weighted by molar-refractivity contribution is 7.92. The number of carboxylic acids is 1. The lowest BCUT2D eigenvalue weighted by atomic mass is 9.87. The first-order chi connectivity index (χ1) is 22.4. The number of nitrogens with zero attached hydrogens (tertiary/aromatic N) is 4. The maximum absolute atomic E-state index is 13.8. The summed E-state index contributed by atoms with van der Waals surface area (Å²) in [6, 6.07) is 23.3. The number of para-hydroxylation sites is 3. The van der Waals surface area contributed by atoms with E-state index in [2.05, 4.69) is 19.6 Å². The van der Waals surface area contributed by atoms with Crippen LogP contribution >= 0.6 is 0 Å². The van der Waals surface area contributed by atoms with Gasteiger partial charge in [0.25, 0.3) is 15.9 Å². The summed E-state index contributed by atoms with van der Waals surface area (Å²) in [5, 5.41) is 9.69. The number of carbonyl (C=O) groups is 1. The molecule has 1 unspecified atom stereocenters. The Morgan fingerprint density at radius 2 is 1.47 bits per heavy atom. The van der Waals surface area contributed by atoms with Gasteiger partial charge in [0.1, 0.15) is 0 Å². The van der Waals surface area contributed by atoms with Crippen molar-refractivity contribution in [3.05, 3.63) is 84.4 Å². The molecule has 4 aromatic rings. The Balaban J connectivity index is 1.58. The molecule has 1 fully saturated rings. The molecule has 0 bridgehead atoms. The Morgan fingerprint density at radius 3 is 2.06 bits per heavy atom. The number of piperazine rings is 1. The fourth-order valence-corrected chi connectivity index (χ4v) is 5.96. The quantitative estimate of drug-likeness (QED) is 0.209. The van der Waals surface area contributed by atoms with Crippen LogP contribution in [0.15, 0.2) is 83.8 Å². The van der Waals surface area contributed by atoms with Crippen molar-refractivity contribution in [3.63, 3.8) is 0 Å². The molecule has 0 radical (unpaired) electrons. The van der Waals surface area contributed by atoms with Crippen molar-refractivity contribution in [1.82, 2.24) is 9.97 Å². The third-order valence-electron chi connectivity index (χ3n) is 7.69. The lowest BCUT2D eigenvalue weighted by molar-refractivity contribution is -0.144. The molecule has 1 aromatic heterocycles. The van der Waals surface area contributed by atoms with Gasteiger partial charge < -0.3 is 29.1 Å². The Kier molecular flexibility index (Phi) is 9.75. The third-order valence-corrected chi connectivity index (χ3v) is 9.04. The first kappa shape index (κ1) is 33.3. The molecule has 1 saturated heterocycles. The zero-order chi connectivity index (χ0) is 33.8. The van der Waals surface area contributed by atoms with Gasteiger partial charge in [0.05, 0.1) is 12.0 Å². The van der Waals surface area contributed by atoms with Crippen LogP contribution in [0.2, 0.25) is 0 Å². The van der Waals surface area contributed by atoms with E-state index in [-0.39, 0.29) is 39.5 Å². The Bertz CT molecular complexity index is 1810. The molecule has 2 N–H and O–H groups in total. The summed E-state index contributed by atoms with van der Waals surface area (Å²) in [6.07, 6.45) is -1.35. The second-order valence-electron chi connectivity index (χ2n) is 12.0. The van der Waals surface area contributed by atoms with Crippen LogP contribution in [-0.2, 0) is 20.2 Å². The van der Waals surface area contributed by atoms with E-state index in [4.69, 9.17) is 14.2 Å². The molecule has 248 valence electrons. The number of ether oxygens (including phenoxy) is 3. The largest absolute Gasteiger partial charge is 0.493 e. The minimum absolute atomic E-state index is 0.00625. The van der Waals surface area contributed by atoms with E-state index in [1.165, 1.54) is 26.2 Å². The number of sulfonamides is 1. The Morgan fingerprint density at radius 1 is 0.872 bits per heavy atom. The maximum atomic E-state index is 13.8. The SMILES string of the molecule is COc1ccccc1Oc1c(NS(=O)(=O)c2ccc(C(C)(C)C)cc2)nc(N2CCN(c3ccccc3)CC2)nc1OC(C)C(=O)O. The van der Waals surface area contributed by atoms with Gasteiger partial charge in [-0.2, -0.15) is 9.97 Å². The minimum atomic E-state index is -4.21. The van der Waals surface area contributed by atoms with Gasteiger partial charge in [0.2, 0.25) is 11.7 Å². The normalized spacial score (nSPS) is 14.3. The molecule has 0 aliphatic carbocycles. The zero-order valence-electron chi connectivity index (χ0n) is 27.0. The number of anilines is 3. The van der Waals surface area contributed by atoms with Gasteiger partial charge in [-0.05, 0) is 54.3 Å². The first-order valence-corrected chi connectivity index (χ1v) is 16.6. The van der Waals surface area contributed by atoms with Gasteiger partial charge in [-0.3, -0.25) is 4.72 Å². The molecule has 0 amide bonds. The van der Waals surface area contributed by atoms with Gasteiger partial charge >= 0.3 is 5.97 Å². The van der Waals surface area contributed by atoms with Crippen LogP contribution in [-0.4, -0.2) is 68.9 Å². The van der Waals surface area contributed by atoms with Crippen LogP contribution in [0.5, 0.6) is 23.1 Å². The number of aliphatic carboxylic acids is 1. The Hall–Kier alpha value is -5.04. The van der Waals surface area contributed by atoms with Gasteiger partial charge in [-0.1, -0.05) is 63.2 Å². The van der Waals surface area contributed by atoms with Crippen LogP contribution < -0.4 is 28.7 Å². The fraction of sp³-hybridized carbons (Fsp3) is 0.324. The maximum Gasteiger partial charge on any atom is 0.344 e. The zero-order valence-corrected chi connectivity index (χ0v) is 27.8. The number of hydrogen-bond acceptors (Lipinski definition) is 10. The number of rotatable bonds is 11. The summed E-state index contributed by atoms with van der Waals surface area (Å²) in [7, 11) is -2.75. The highest BCUT2D eigenvalue weighted by Gasteiger charge is 2.30. The lowest BCUT2D eigenvalue weighted by Gasteiger charge is -2.36. The standard InChI is InChI=1S/C34H39N5O7S/c1-23(32(40)41)45-31-29(46-28-14-10-9-13-27(28)44-5)30(37-47(42,43)26-17-15-24(16-18-26)34(2,3)4)35-33(36-31)39-21-19-38(20-22-39)25-11-7-6-8-12-25/h6-18,23H,19-22H2,1-5H3,(H,40,41)(H,35,36,37). The van der Waals surface area contributed by atoms with Crippen molar-refractivity contribution in [2.75, 3.05) is 47.8 Å². The van der Waals surface area contributed by atoms with Crippen LogP contribution in [0, 0.1) is 0 Å². The van der Waals surface area contributed by atoms with Crippen molar-refractivity contribution < 1.29 is 32.5 Å². The van der Waals surface area contributed by atoms with E-state index in [1.54, 1.807) is 36.4 Å². The van der Waals surface area contributed by atoms with Crippen LogP contribution in [0.25, 0.3) is 0 Å². The van der Waals surface area contributed by atoms with E-state index in [1.807, 2.05) is 56.0 Å². The van der Waals surface area contributed by atoms with Crippen LogP contribution in [0.4, 0.5) is 17.5 Å². The van der Waals surface area contributed by atoms with E-state index in [9.17, 15) is 18.3 Å². The number of methoxy groups -OCH3 is 1. The van der Waals surface area contributed by atoms with Crippen LogP contribution in [0.3, 0.4) is 0 Å². The number of hydrogen-bond donors (Lipinski definition) is 2. The van der Waals surface area contributed by atoms with E-state index >= 15 is 0 Å². The highest BCUT2D eigenvalue weighted by Crippen LogP contribution is 2.42. The smallest absolute Gasteiger partial charge is 0.344 e. The molecule has 3 aromatic carbocycles. The monoisotopic (exact) mass is 661 g/mol. The lowest BCUT2D eigenvalue weighted by Crippen LogP contribution is -2.47. The van der Waals surface area contributed by atoms with Crippen molar-refractivity contribution in [2.24, 2.45) is 0 Å². The second-order valence-corrected chi connectivity index (χ2v) is 13.7. The summed E-state index contributed by atoms with van der Waals surface area (Å²) in [4.78, 5) is 25.2. The molecule has 13 heteroatoms. The first-order valence-electron chi connectivity index (χ1n) is 15.2. The predicted octanol–water partition coefficient (Wildman–Crippen LogP) is 5.55. The molecule has 1 aliphatic heterocycles. The number of aromatic nitrogens is 2. The minimum Gasteiger partial charge on any atom is -0.493 e. The fourth-order valence-electron chi connectivity index (χ4n) is 4.96. The van der Waals surface area contributed by atoms with Crippen molar-refractivity contribution in [2.45, 2.75) is 44.1 Å². The molecule has 0 spiro atoms. The highest BCUT2D eigenvalue weighted by atomic mass is 32.2. The summed E-state index contributed by atoms with van der Waals surface area (Å²) in [5.74, 6) is -1.22. The van der Waals surface area contributed by atoms with E-state index in [0.29, 0.717) is 31.9 Å². The molecule has 47 heavy (non-hydrogen) atoms. The molecule has 2 heterocycles. The van der Waals surface area contributed by atoms with Gasteiger partial charge in [-0.25, -0.2) is 13.2 Å². The third kappa shape index (κ3) is 7.86. The summed E-state index contributed by atoms with van der Waals surface area (Å²) in [6.45, 7) is 9.78. The molecule has 1 aliphatic rings. The number of nitrogens with one attached hydrogen (secondary N) is 1. The number of carboxylic acid groups (broad SMARTS) is 1. The second kappa shape index (κ2) is 13.8. The average Bonchev–Trinajstić information content (AvgIpc) is 3.06. The van der Waals surface area contributed by atoms with E-state index < -0.39 is 22.1 Å². The molecule has 1 atom stereocenters. The summed E-state index contributed by atoms with van der Waals surface area (Å²) >= 11 is 0. The molecular formula is C34H39N5O7S. The van der Waals surface area contributed by atoms with Crippen LogP contribution in [0.1, 0.15) is 33.3 Å². The summed E-state index contributed by atoms with van der Waals surface area (Å²) in [5.41, 5.74) is 1.87. The van der Waals surface area contributed by atoms with Gasteiger partial charge in [0.15, 0.2) is 23.4 Å². The van der Waals surface area contributed by atoms with Gasteiger partial charge in [-0.15, -0.1) is 0 Å². The molecule has 0 saturated carbocycles. The average molecular weight is 662 g/mol. The molecule has 12 nitrogen and oxygen atoms in total. The summed E-state index contributed by atoms with van der Waals surface area (Å²) < 4.78 is 47.6. The molecular weight excluding hydrogens is 622 g/mol. The van der Waals surface area contributed by atoms with Crippen molar-refractivity contribution >= 4 is 33.4 Å². The van der Waals surface area contributed by atoms with Gasteiger partial charge in [0, 0.05) is 31.9 Å². The Labute approximate surface area is 275 Å².